The van der Waals surface area contributed by atoms with Crippen molar-refractivity contribution < 1.29 is 18.0 Å². The summed E-state index contributed by atoms with van der Waals surface area (Å²) < 4.78 is 39.7. The van der Waals surface area contributed by atoms with Crippen LogP contribution < -0.4 is 10.2 Å². The van der Waals surface area contributed by atoms with E-state index in [2.05, 4.69) is 31.3 Å². The third-order valence-electron chi connectivity index (χ3n) is 6.43. The van der Waals surface area contributed by atoms with E-state index >= 15 is 0 Å². The van der Waals surface area contributed by atoms with Crippen molar-refractivity contribution in [3.8, 4) is 0 Å². The minimum absolute atomic E-state index is 0. The number of rotatable bonds is 6. The predicted molar refractivity (Wildman–Crippen MR) is 131 cm³/mol. The maximum absolute atomic E-state index is 12.7. The van der Waals surface area contributed by atoms with Gasteiger partial charge in [-0.2, -0.15) is 31.8 Å². The molecule has 1 N–H and O–H groups in total. The molecule has 7 nitrogen and oxygen atoms in total. The summed E-state index contributed by atoms with van der Waals surface area (Å²) in [4.78, 5) is 22.8. The number of hydrogen-bond acceptors (Lipinski definition) is 5. The number of nitrogens with one attached hydrogen (secondary N) is 1. The van der Waals surface area contributed by atoms with Gasteiger partial charge in [-0.25, -0.2) is 0 Å². The molecule has 2 aliphatic rings. The van der Waals surface area contributed by atoms with Crippen LogP contribution in [0.5, 0.6) is 0 Å². The van der Waals surface area contributed by atoms with Gasteiger partial charge >= 0.3 is 6.18 Å². The van der Waals surface area contributed by atoms with Crippen molar-refractivity contribution in [1.82, 2.24) is 19.7 Å². The lowest BCUT2D eigenvalue weighted by Crippen LogP contribution is -2.47. The molecule has 3 aromatic rings. The second kappa shape index (κ2) is 9.52. The Bertz CT molecular complexity index is 1220. The second-order valence-corrected chi connectivity index (χ2v) is 9.07. The number of amides is 1. The summed E-state index contributed by atoms with van der Waals surface area (Å²) in [6.45, 7) is 2.25. The minimum Gasteiger partial charge on any atom is -0.361 e. The quantitative estimate of drug-likeness (QED) is 0.547. The number of alkyl halides is 3. The molecule has 11 heteroatoms. The van der Waals surface area contributed by atoms with E-state index in [-0.39, 0.29) is 25.4 Å². The van der Waals surface area contributed by atoms with E-state index in [1.165, 1.54) is 12.3 Å². The molecule has 0 spiro atoms. The number of hydrogen-bond donors (Lipinski definition) is 1. The molecule has 1 amide bonds. The molecule has 186 valence electrons. The van der Waals surface area contributed by atoms with Crippen LogP contribution in [0.3, 0.4) is 0 Å². The standard InChI is InChI=1S/C24H25F3N6O.H2S/c1-14-21-19(32(2)22(17-5-6-17)23(34)31-21)9-18(30-14)7-3-16-11-29-33(13-16)12-15-4-8-20(28-10-15)24(25,26)27;/h4,8-11,13,17,22H,3,5-7,12H2,1-2H3,(H,31,34);1H2/t22-;/m0./s1. The fourth-order valence-corrected chi connectivity index (χ4v) is 4.51. The normalized spacial score (nSPS) is 17.6. The van der Waals surface area contributed by atoms with Crippen molar-refractivity contribution >= 4 is 30.8 Å². The highest BCUT2D eigenvalue weighted by Crippen LogP contribution is 2.42. The summed E-state index contributed by atoms with van der Waals surface area (Å²) >= 11 is 0. The fraction of sp³-hybridized carbons (Fsp3) is 0.417. The molecule has 0 unspecified atom stereocenters. The zero-order valence-electron chi connectivity index (χ0n) is 19.4. The van der Waals surface area contributed by atoms with E-state index in [0.29, 0.717) is 24.4 Å². The number of carbonyl (C=O) groups excluding carboxylic acids is 1. The van der Waals surface area contributed by atoms with Crippen molar-refractivity contribution in [2.45, 2.75) is 51.4 Å². The van der Waals surface area contributed by atoms with Crippen LogP contribution in [0.25, 0.3) is 0 Å². The Balaban J connectivity index is 0.00000289. The van der Waals surface area contributed by atoms with Crippen LogP contribution in [0.4, 0.5) is 24.5 Å². The zero-order chi connectivity index (χ0) is 24.0. The van der Waals surface area contributed by atoms with Crippen LogP contribution in [-0.2, 0) is 30.4 Å². The highest BCUT2D eigenvalue weighted by atomic mass is 32.1. The molecule has 0 aromatic carbocycles. The summed E-state index contributed by atoms with van der Waals surface area (Å²) in [6.07, 6.45) is 4.03. The lowest BCUT2D eigenvalue weighted by molar-refractivity contribution is -0.141. The van der Waals surface area contributed by atoms with E-state index in [4.69, 9.17) is 0 Å². The third kappa shape index (κ3) is 5.29. The Labute approximate surface area is 208 Å². The van der Waals surface area contributed by atoms with Gasteiger partial charge in [0.15, 0.2) is 0 Å². The van der Waals surface area contributed by atoms with Crippen molar-refractivity contribution in [3.05, 3.63) is 65.0 Å². The van der Waals surface area contributed by atoms with E-state index in [1.807, 2.05) is 20.2 Å². The lowest BCUT2D eigenvalue weighted by atomic mass is 10.0. The van der Waals surface area contributed by atoms with Crippen molar-refractivity contribution in [2.75, 3.05) is 17.3 Å². The zero-order valence-corrected chi connectivity index (χ0v) is 20.4. The SMILES string of the molecule is Cc1nc(CCc2cnn(Cc3ccc(C(F)(F)F)nc3)c2)cc2c1NC(=O)[C@H](C1CC1)N2C.S. The van der Waals surface area contributed by atoms with Gasteiger partial charge in [0.1, 0.15) is 11.7 Å². The first-order chi connectivity index (χ1) is 16.2. The van der Waals surface area contributed by atoms with E-state index in [1.54, 1.807) is 10.9 Å². The molecule has 1 atom stereocenters. The van der Waals surface area contributed by atoms with Gasteiger partial charge in [0.25, 0.3) is 0 Å². The molecule has 35 heavy (non-hydrogen) atoms. The first-order valence-electron chi connectivity index (χ1n) is 11.3. The number of carbonyl (C=O) groups is 1. The first-order valence-corrected chi connectivity index (χ1v) is 11.3. The summed E-state index contributed by atoms with van der Waals surface area (Å²) in [5, 5.41) is 7.38. The molecule has 0 bridgehead atoms. The van der Waals surface area contributed by atoms with Crippen molar-refractivity contribution in [2.24, 2.45) is 5.92 Å². The van der Waals surface area contributed by atoms with Gasteiger partial charge in [-0.15, -0.1) is 0 Å². The molecular weight excluding hydrogens is 477 g/mol. The molecule has 0 saturated heterocycles. The number of halogens is 3. The lowest BCUT2D eigenvalue weighted by Gasteiger charge is -2.36. The molecule has 1 fully saturated rings. The van der Waals surface area contributed by atoms with Crippen molar-refractivity contribution in [1.29, 1.82) is 0 Å². The molecule has 5 rings (SSSR count). The van der Waals surface area contributed by atoms with Gasteiger partial charge in [-0.05, 0) is 61.8 Å². The van der Waals surface area contributed by atoms with Gasteiger partial charge in [0.05, 0.1) is 29.8 Å². The topological polar surface area (TPSA) is 75.9 Å². The molecule has 1 saturated carbocycles. The Kier molecular flexibility index (Phi) is 6.81. The monoisotopic (exact) mass is 504 g/mol. The molecule has 1 aliphatic heterocycles. The average Bonchev–Trinajstić information content (AvgIpc) is 3.51. The summed E-state index contributed by atoms with van der Waals surface area (Å²) in [6, 6.07) is 4.33. The summed E-state index contributed by atoms with van der Waals surface area (Å²) in [7, 11) is 1.98. The van der Waals surface area contributed by atoms with Crippen molar-refractivity contribution in [3.63, 3.8) is 0 Å². The van der Waals surface area contributed by atoms with Crippen LogP contribution in [0, 0.1) is 12.8 Å². The van der Waals surface area contributed by atoms with Crippen LogP contribution in [0.1, 0.15) is 41.1 Å². The van der Waals surface area contributed by atoms with Crippen LogP contribution in [-0.4, -0.2) is 38.7 Å². The van der Waals surface area contributed by atoms with E-state index in [0.717, 1.165) is 53.7 Å². The van der Waals surface area contributed by atoms with Gasteiger partial charge in [0.2, 0.25) is 5.91 Å². The third-order valence-corrected chi connectivity index (χ3v) is 6.43. The average molecular weight is 505 g/mol. The van der Waals surface area contributed by atoms with Gasteiger partial charge in [-0.3, -0.25) is 19.4 Å². The van der Waals surface area contributed by atoms with Crippen LogP contribution in [0.2, 0.25) is 0 Å². The maximum Gasteiger partial charge on any atom is 0.433 e. The number of aryl methyl sites for hydroxylation is 3. The first kappa shape index (κ1) is 25.0. The smallest absolute Gasteiger partial charge is 0.361 e. The van der Waals surface area contributed by atoms with Gasteiger partial charge in [0, 0.05) is 25.1 Å². The number of aromatic nitrogens is 4. The number of likely N-dealkylation sites (N-methyl/N-ethyl adjacent to an activating group) is 1. The molecule has 3 aromatic heterocycles. The Hall–Kier alpha value is -3.08. The number of anilines is 2. The number of fused-ring (bicyclic) bond motifs is 1. The molecule has 1 aliphatic carbocycles. The summed E-state index contributed by atoms with van der Waals surface area (Å²) in [5.41, 5.74) is 4.27. The second-order valence-electron chi connectivity index (χ2n) is 9.07. The molecule has 4 heterocycles. The largest absolute Gasteiger partial charge is 0.433 e. The number of nitrogens with zero attached hydrogens (tertiary/aromatic N) is 5. The number of pyridine rings is 2. The van der Waals surface area contributed by atoms with Crippen LogP contribution in [0.15, 0.2) is 36.8 Å². The fourth-order valence-electron chi connectivity index (χ4n) is 4.51. The Morgan fingerprint density at radius 3 is 2.57 bits per heavy atom. The van der Waals surface area contributed by atoms with Gasteiger partial charge < -0.3 is 10.2 Å². The van der Waals surface area contributed by atoms with E-state index in [9.17, 15) is 18.0 Å². The van der Waals surface area contributed by atoms with E-state index < -0.39 is 11.9 Å². The predicted octanol–water partition coefficient (Wildman–Crippen LogP) is 4.11. The van der Waals surface area contributed by atoms with Gasteiger partial charge in [-0.1, -0.05) is 6.07 Å². The summed E-state index contributed by atoms with van der Waals surface area (Å²) in [5.74, 6) is 0.464. The Morgan fingerprint density at radius 1 is 1.14 bits per heavy atom. The maximum atomic E-state index is 12.7. The molecule has 0 radical (unpaired) electrons. The van der Waals surface area contributed by atoms with Crippen LogP contribution >= 0.6 is 13.5 Å². The Morgan fingerprint density at radius 2 is 1.91 bits per heavy atom. The molecular formula is C24H27F3N6OS. The highest BCUT2D eigenvalue weighted by molar-refractivity contribution is 7.59. The minimum atomic E-state index is -4.44. The highest BCUT2D eigenvalue weighted by Gasteiger charge is 2.42.